The van der Waals surface area contributed by atoms with Gasteiger partial charge in [-0.15, -0.1) is 0 Å². The van der Waals surface area contributed by atoms with Crippen LogP contribution in [0.5, 0.6) is 11.5 Å². The van der Waals surface area contributed by atoms with E-state index in [1.165, 1.54) is 5.56 Å². The van der Waals surface area contributed by atoms with Crippen LogP contribution < -0.4 is 19.7 Å². The average molecular weight is 532 g/mol. The number of ether oxygens (including phenoxy) is 3. The Morgan fingerprint density at radius 1 is 1.09 bits per heavy atom. The summed E-state index contributed by atoms with van der Waals surface area (Å²) in [6.45, 7) is 6.26. The molecular weight excluding hydrogens is 504 g/mol. The highest BCUT2D eigenvalue weighted by atomic mass is 79.9. The summed E-state index contributed by atoms with van der Waals surface area (Å²) in [7, 11) is 1.66. The molecule has 3 aromatic carbocycles. The topological polar surface area (TPSA) is 43.0 Å². The molecule has 4 rings (SSSR count). The second-order valence-electron chi connectivity index (χ2n) is 7.89. The van der Waals surface area contributed by atoms with E-state index < -0.39 is 0 Å². The lowest BCUT2D eigenvalue weighted by Gasteiger charge is -2.29. The fraction of sp³-hybridized carbons (Fsp3) is 0.308. The molecule has 0 spiro atoms. The number of methoxy groups -OCH3 is 1. The van der Waals surface area contributed by atoms with Gasteiger partial charge in [0.05, 0.1) is 31.0 Å². The third-order valence-corrected chi connectivity index (χ3v) is 6.83. The second kappa shape index (κ2) is 11.1. The van der Waals surface area contributed by atoms with Gasteiger partial charge in [0, 0.05) is 35.4 Å². The Morgan fingerprint density at radius 3 is 2.61 bits per heavy atom. The van der Waals surface area contributed by atoms with Gasteiger partial charge >= 0.3 is 0 Å². The summed E-state index contributed by atoms with van der Waals surface area (Å²) < 4.78 is 18.3. The fourth-order valence-electron chi connectivity index (χ4n) is 3.86. The number of aryl methyl sites for hydroxylation is 1. The first-order valence-electron chi connectivity index (χ1n) is 11.0. The van der Waals surface area contributed by atoms with E-state index in [-0.39, 0.29) is 0 Å². The lowest BCUT2D eigenvalue weighted by Crippen LogP contribution is -2.36. The second-order valence-corrected chi connectivity index (χ2v) is 9.15. The Balaban J connectivity index is 1.51. The number of nitrogens with one attached hydrogen (secondary N) is 1. The van der Waals surface area contributed by atoms with Gasteiger partial charge in [0.2, 0.25) is 0 Å². The van der Waals surface area contributed by atoms with E-state index >= 15 is 0 Å². The molecular formula is C26H28BrClN2O3. The van der Waals surface area contributed by atoms with Gasteiger partial charge < -0.3 is 24.4 Å². The van der Waals surface area contributed by atoms with Gasteiger partial charge in [0.15, 0.2) is 11.5 Å². The van der Waals surface area contributed by atoms with Gasteiger partial charge in [-0.05, 0) is 48.4 Å². The van der Waals surface area contributed by atoms with Crippen molar-refractivity contribution >= 4 is 38.9 Å². The number of hydrogen-bond donors (Lipinski definition) is 1. The van der Waals surface area contributed by atoms with E-state index in [1.54, 1.807) is 7.11 Å². The highest BCUT2D eigenvalue weighted by Gasteiger charge is 2.17. The first kappa shape index (κ1) is 23.7. The van der Waals surface area contributed by atoms with Crippen molar-refractivity contribution in [3.63, 3.8) is 0 Å². The van der Waals surface area contributed by atoms with E-state index in [0.717, 1.165) is 64.0 Å². The standard InChI is InChI=1S/C26H28BrClN2O3/c1-18-5-3-4-6-19(18)17-33-26-21(22(27)8-10-25(26)31-2)16-29-20-7-9-24(23(28)15-20)30-11-13-32-14-12-30/h3-10,15,29H,11-14,16-17H2,1-2H3. The zero-order valence-electron chi connectivity index (χ0n) is 18.9. The fourth-order valence-corrected chi connectivity index (χ4v) is 4.61. The molecule has 7 heteroatoms. The number of benzene rings is 3. The van der Waals surface area contributed by atoms with Crippen molar-refractivity contribution in [2.75, 3.05) is 43.6 Å². The first-order chi connectivity index (χ1) is 16.1. The van der Waals surface area contributed by atoms with Crippen LogP contribution in [0.1, 0.15) is 16.7 Å². The average Bonchev–Trinajstić information content (AvgIpc) is 2.83. The number of nitrogens with zero attached hydrogens (tertiary/aromatic N) is 1. The van der Waals surface area contributed by atoms with E-state index in [2.05, 4.69) is 57.3 Å². The molecule has 3 aromatic rings. The molecule has 1 fully saturated rings. The van der Waals surface area contributed by atoms with Crippen molar-refractivity contribution in [2.24, 2.45) is 0 Å². The van der Waals surface area contributed by atoms with Crippen LogP contribution in [0.25, 0.3) is 0 Å². The molecule has 0 saturated carbocycles. The van der Waals surface area contributed by atoms with Crippen LogP contribution in [0.2, 0.25) is 5.02 Å². The molecule has 1 aliphatic rings. The molecule has 1 saturated heterocycles. The molecule has 0 radical (unpaired) electrons. The molecule has 0 aromatic heterocycles. The van der Waals surface area contributed by atoms with Crippen molar-refractivity contribution in [1.29, 1.82) is 0 Å². The quantitative estimate of drug-likeness (QED) is 0.362. The Bertz CT molecular complexity index is 1100. The predicted molar refractivity (Wildman–Crippen MR) is 138 cm³/mol. The maximum atomic E-state index is 6.61. The van der Waals surface area contributed by atoms with E-state index in [0.29, 0.717) is 18.9 Å². The summed E-state index contributed by atoms with van der Waals surface area (Å²) in [5, 5.41) is 4.21. The predicted octanol–water partition coefficient (Wildman–Crippen LogP) is 6.45. The van der Waals surface area contributed by atoms with Crippen LogP contribution in [-0.2, 0) is 17.9 Å². The maximum Gasteiger partial charge on any atom is 0.167 e. The molecule has 0 atom stereocenters. The lowest BCUT2D eigenvalue weighted by atomic mass is 10.1. The molecule has 0 unspecified atom stereocenters. The molecule has 1 heterocycles. The minimum Gasteiger partial charge on any atom is -0.493 e. The van der Waals surface area contributed by atoms with Crippen LogP contribution in [0, 0.1) is 6.92 Å². The maximum absolute atomic E-state index is 6.61. The third-order valence-electron chi connectivity index (χ3n) is 5.79. The largest absolute Gasteiger partial charge is 0.493 e. The molecule has 174 valence electrons. The van der Waals surface area contributed by atoms with Crippen LogP contribution in [0.15, 0.2) is 59.1 Å². The van der Waals surface area contributed by atoms with Gasteiger partial charge in [-0.2, -0.15) is 0 Å². The van der Waals surface area contributed by atoms with Crippen LogP contribution >= 0.6 is 27.5 Å². The van der Waals surface area contributed by atoms with Crippen molar-refractivity contribution < 1.29 is 14.2 Å². The van der Waals surface area contributed by atoms with Gasteiger partial charge in [-0.25, -0.2) is 0 Å². The summed E-state index contributed by atoms with van der Waals surface area (Å²) in [6, 6.07) is 18.2. The number of rotatable bonds is 8. The van der Waals surface area contributed by atoms with Gasteiger partial charge in [-0.3, -0.25) is 0 Å². The van der Waals surface area contributed by atoms with Crippen molar-refractivity contribution in [3.05, 3.63) is 80.8 Å². The first-order valence-corrected chi connectivity index (χ1v) is 12.1. The highest BCUT2D eigenvalue weighted by Crippen LogP contribution is 2.38. The molecule has 33 heavy (non-hydrogen) atoms. The summed E-state index contributed by atoms with van der Waals surface area (Å²) in [5.41, 5.74) is 5.30. The van der Waals surface area contributed by atoms with Gasteiger partial charge in [-0.1, -0.05) is 51.8 Å². The summed E-state index contributed by atoms with van der Waals surface area (Å²) in [5.74, 6) is 1.42. The summed E-state index contributed by atoms with van der Waals surface area (Å²) >= 11 is 10.3. The zero-order chi connectivity index (χ0) is 23.2. The van der Waals surface area contributed by atoms with Gasteiger partial charge in [0.1, 0.15) is 6.61 Å². The van der Waals surface area contributed by atoms with E-state index in [4.69, 9.17) is 25.8 Å². The Hall–Kier alpha value is -2.41. The van der Waals surface area contributed by atoms with E-state index in [1.807, 2.05) is 30.3 Å². The Kier molecular flexibility index (Phi) is 8.02. The van der Waals surface area contributed by atoms with Crippen molar-refractivity contribution in [1.82, 2.24) is 0 Å². The van der Waals surface area contributed by atoms with E-state index in [9.17, 15) is 0 Å². The summed E-state index contributed by atoms with van der Waals surface area (Å²) in [4.78, 5) is 2.26. The molecule has 0 aliphatic carbocycles. The SMILES string of the molecule is COc1ccc(Br)c(CNc2ccc(N3CCOCC3)c(Cl)c2)c1OCc1ccccc1C. The number of hydrogen-bond acceptors (Lipinski definition) is 5. The lowest BCUT2D eigenvalue weighted by molar-refractivity contribution is 0.122. The highest BCUT2D eigenvalue weighted by molar-refractivity contribution is 9.10. The minimum atomic E-state index is 0.465. The molecule has 0 amide bonds. The molecule has 1 N–H and O–H groups in total. The normalized spacial score (nSPS) is 13.6. The molecule has 5 nitrogen and oxygen atoms in total. The number of morpholine rings is 1. The Labute approximate surface area is 208 Å². The van der Waals surface area contributed by atoms with Gasteiger partial charge in [0.25, 0.3) is 0 Å². The van der Waals surface area contributed by atoms with Crippen LogP contribution in [0.4, 0.5) is 11.4 Å². The smallest absolute Gasteiger partial charge is 0.167 e. The Morgan fingerprint density at radius 2 is 1.88 bits per heavy atom. The summed E-state index contributed by atoms with van der Waals surface area (Å²) in [6.07, 6.45) is 0. The van der Waals surface area contributed by atoms with Crippen LogP contribution in [0.3, 0.4) is 0 Å². The number of anilines is 2. The zero-order valence-corrected chi connectivity index (χ0v) is 21.2. The van der Waals surface area contributed by atoms with Crippen molar-refractivity contribution in [3.8, 4) is 11.5 Å². The monoisotopic (exact) mass is 530 g/mol. The van der Waals surface area contributed by atoms with Crippen molar-refractivity contribution in [2.45, 2.75) is 20.1 Å². The molecule has 0 bridgehead atoms. The van der Waals surface area contributed by atoms with Crippen LogP contribution in [-0.4, -0.2) is 33.4 Å². The molecule has 1 aliphatic heterocycles. The minimum absolute atomic E-state index is 0.465. The third kappa shape index (κ3) is 5.75. The number of halogens is 2.